The van der Waals surface area contributed by atoms with Crippen molar-refractivity contribution in [3.8, 4) is 0 Å². The fourth-order valence-corrected chi connectivity index (χ4v) is 6.33. The van der Waals surface area contributed by atoms with Gasteiger partial charge in [0.1, 0.15) is 0 Å². The molecule has 2 aliphatic carbocycles. The molecule has 0 spiro atoms. The molecule has 2 aromatic rings. The average molecular weight is 463 g/mol. The van der Waals surface area contributed by atoms with Crippen LogP contribution in [0.4, 0.5) is 0 Å². The molecular formula is C21H26N4O4S2. The number of piperazine rings is 1. The van der Waals surface area contributed by atoms with Gasteiger partial charge < -0.3 is 9.32 Å². The van der Waals surface area contributed by atoms with Gasteiger partial charge in [0.25, 0.3) is 5.22 Å². The van der Waals surface area contributed by atoms with Gasteiger partial charge in [-0.15, -0.1) is 10.2 Å². The highest BCUT2D eigenvalue weighted by Gasteiger charge is 2.32. The second-order valence-corrected chi connectivity index (χ2v) is 11.3. The number of thioether (sulfide) groups is 1. The molecule has 166 valence electrons. The number of aromatic nitrogens is 2. The van der Waals surface area contributed by atoms with Crippen molar-refractivity contribution in [3.63, 3.8) is 0 Å². The molecule has 0 unspecified atom stereocenters. The molecule has 0 N–H and O–H groups in total. The number of amides is 1. The predicted octanol–water partition coefficient (Wildman–Crippen LogP) is 2.45. The van der Waals surface area contributed by atoms with Gasteiger partial charge in [0.15, 0.2) is 0 Å². The van der Waals surface area contributed by atoms with Crippen molar-refractivity contribution in [2.45, 2.75) is 54.6 Å². The molecule has 10 heteroatoms. The van der Waals surface area contributed by atoms with Crippen LogP contribution in [0.3, 0.4) is 0 Å². The molecule has 0 atom stereocenters. The molecule has 1 saturated carbocycles. The van der Waals surface area contributed by atoms with E-state index in [1.807, 2.05) is 12.1 Å². The highest BCUT2D eigenvalue weighted by Crippen LogP contribution is 2.39. The Hall–Kier alpha value is -1.91. The van der Waals surface area contributed by atoms with Crippen molar-refractivity contribution < 1.29 is 17.6 Å². The van der Waals surface area contributed by atoms with E-state index in [1.54, 1.807) is 11.0 Å². The molecule has 0 bridgehead atoms. The first-order valence-electron chi connectivity index (χ1n) is 10.9. The van der Waals surface area contributed by atoms with Crippen LogP contribution in [0.15, 0.2) is 32.7 Å². The van der Waals surface area contributed by atoms with E-state index in [2.05, 4.69) is 10.2 Å². The fraction of sp³-hybridized carbons (Fsp3) is 0.571. The van der Waals surface area contributed by atoms with Crippen LogP contribution in [0, 0.1) is 0 Å². The quantitative estimate of drug-likeness (QED) is 0.608. The fourth-order valence-electron chi connectivity index (χ4n) is 4.19. The Balaban J connectivity index is 1.16. The summed E-state index contributed by atoms with van der Waals surface area (Å²) in [7, 11) is -3.54. The summed E-state index contributed by atoms with van der Waals surface area (Å²) in [6.07, 6.45) is 6.43. The molecule has 0 radical (unpaired) electrons. The Kier molecular flexibility index (Phi) is 5.78. The lowest BCUT2D eigenvalue weighted by atomic mass is 9.92. The van der Waals surface area contributed by atoms with Crippen LogP contribution in [0.5, 0.6) is 0 Å². The molecule has 1 aromatic heterocycles. The molecule has 1 saturated heterocycles. The lowest BCUT2D eigenvalue weighted by Crippen LogP contribution is -2.51. The first kappa shape index (κ1) is 21.0. The molecule has 2 heterocycles. The smallest absolute Gasteiger partial charge is 0.277 e. The van der Waals surface area contributed by atoms with Crippen LogP contribution in [-0.4, -0.2) is 65.7 Å². The average Bonchev–Trinajstić information content (AvgIpc) is 3.55. The summed E-state index contributed by atoms with van der Waals surface area (Å²) >= 11 is 1.24. The minimum Gasteiger partial charge on any atom is -0.416 e. The van der Waals surface area contributed by atoms with E-state index in [4.69, 9.17) is 4.42 Å². The van der Waals surface area contributed by atoms with Crippen LogP contribution in [0.1, 0.15) is 48.6 Å². The van der Waals surface area contributed by atoms with Gasteiger partial charge in [0.2, 0.25) is 21.8 Å². The normalized spacial score (nSPS) is 19.9. The topological polar surface area (TPSA) is 96.6 Å². The molecule has 5 rings (SSSR count). The van der Waals surface area contributed by atoms with Crippen LogP contribution >= 0.6 is 11.8 Å². The second kappa shape index (κ2) is 8.55. The molecule has 1 amide bonds. The van der Waals surface area contributed by atoms with Crippen molar-refractivity contribution in [1.82, 2.24) is 19.4 Å². The van der Waals surface area contributed by atoms with E-state index in [-0.39, 0.29) is 11.7 Å². The van der Waals surface area contributed by atoms with Gasteiger partial charge in [-0.25, -0.2) is 8.42 Å². The summed E-state index contributed by atoms with van der Waals surface area (Å²) in [5, 5.41) is 8.44. The summed E-state index contributed by atoms with van der Waals surface area (Å²) < 4.78 is 33.3. The number of rotatable bonds is 6. The van der Waals surface area contributed by atoms with E-state index in [0.29, 0.717) is 48.1 Å². The number of carbonyl (C=O) groups is 1. The molecule has 2 fully saturated rings. The van der Waals surface area contributed by atoms with E-state index in [0.717, 1.165) is 37.7 Å². The maximum atomic E-state index is 13.1. The largest absolute Gasteiger partial charge is 0.416 e. The maximum absolute atomic E-state index is 13.1. The highest BCUT2D eigenvalue weighted by molar-refractivity contribution is 7.99. The third-order valence-electron chi connectivity index (χ3n) is 6.22. The number of carbonyl (C=O) groups excluding carboxylic acids is 1. The Morgan fingerprint density at radius 2 is 1.81 bits per heavy atom. The maximum Gasteiger partial charge on any atom is 0.277 e. The summed E-state index contributed by atoms with van der Waals surface area (Å²) in [6.45, 7) is 1.39. The zero-order valence-corrected chi connectivity index (χ0v) is 19.0. The van der Waals surface area contributed by atoms with E-state index >= 15 is 0 Å². The predicted molar refractivity (Wildman–Crippen MR) is 115 cm³/mol. The highest BCUT2D eigenvalue weighted by atomic mass is 32.2. The molecule has 1 aromatic carbocycles. The van der Waals surface area contributed by atoms with E-state index in [9.17, 15) is 13.2 Å². The SMILES string of the molecule is O=C(CSc1nnc(C2CC2)o1)N1CCN(S(=O)(=O)c2ccc3c(c2)CCCC3)CC1. The van der Waals surface area contributed by atoms with E-state index < -0.39 is 10.0 Å². The van der Waals surface area contributed by atoms with Gasteiger partial charge in [-0.2, -0.15) is 4.31 Å². The molecular weight excluding hydrogens is 436 g/mol. The number of nitrogens with zero attached hydrogens (tertiary/aromatic N) is 4. The summed E-state index contributed by atoms with van der Waals surface area (Å²) in [5.41, 5.74) is 2.42. The minimum atomic E-state index is -3.54. The van der Waals surface area contributed by atoms with Crippen molar-refractivity contribution in [3.05, 3.63) is 35.2 Å². The van der Waals surface area contributed by atoms with Crippen molar-refractivity contribution in [2.75, 3.05) is 31.9 Å². The summed E-state index contributed by atoms with van der Waals surface area (Å²) in [4.78, 5) is 14.6. The monoisotopic (exact) mass is 462 g/mol. The third kappa shape index (κ3) is 4.51. The summed E-state index contributed by atoms with van der Waals surface area (Å²) in [6, 6.07) is 5.54. The standard InChI is InChI=1S/C21H26N4O4S2/c26-19(14-30-21-23-22-20(29-21)16-5-6-16)24-9-11-25(12-10-24)31(27,28)18-8-7-15-3-1-2-4-17(15)13-18/h7-8,13,16H,1-6,9-12,14H2. The molecule has 8 nitrogen and oxygen atoms in total. The van der Waals surface area contributed by atoms with Gasteiger partial charge in [-0.05, 0) is 61.8 Å². The number of sulfonamides is 1. The number of benzene rings is 1. The lowest BCUT2D eigenvalue weighted by molar-refractivity contribution is -0.129. The van der Waals surface area contributed by atoms with Crippen molar-refractivity contribution >= 4 is 27.7 Å². The van der Waals surface area contributed by atoms with Gasteiger partial charge >= 0.3 is 0 Å². The Bertz CT molecular complexity index is 1070. The first-order valence-corrected chi connectivity index (χ1v) is 13.3. The van der Waals surface area contributed by atoms with Gasteiger partial charge in [0, 0.05) is 32.1 Å². The molecule has 1 aliphatic heterocycles. The summed E-state index contributed by atoms with van der Waals surface area (Å²) in [5.74, 6) is 1.23. The van der Waals surface area contributed by atoms with Crippen molar-refractivity contribution in [1.29, 1.82) is 0 Å². The number of aryl methyl sites for hydroxylation is 2. The molecule has 3 aliphatic rings. The van der Waals surface area contributed by atoms with Crippen LogP contribution in [-0.2, 0) is 27.7 Å². The minimum absolute atomic E-state index is 0.0398. The zero-order chi connectivity index (χ0) is 21.4. The van der Waals surface area contributed by atoms with E-state index in [1.165, 1.54) is 28.1 Å². The van der Waals surface area contributed by atoms with Crippen molar-refractivity contribution in [2.24, 2.45) is 0 Å². The second-order valence-electron chi connectivity index (χ2n) is 8.39. The third-order valence-corrected chi connectivity index (χ3v) is 8.91. The Morgan fingerprint density at radius 3 is 2.55 bits per heavy atom. The van der Waals surface area contributed by atoms with Crippen LogP contribution in [0.25, 0.3) is 0 Å². The van der Waals surface area contributed by atoms with Gasteiger partial charge in [-0.1, -0.05) is 17.8 Å². The Morgan fingerprint density at radius 1 is 1.06 bits per heavy atom. The number of fused-ring (bicyclic) bond motifs is 1. The zero-order valence-electron chi connectivity index (χ0n) is 17.3. The van der Waals surface area contributed by atoms with Gasteiger partial charge in [0.05, 0.1) is 10.6 Å². The van der Waals surface area contributed by atoms with Gasteiger partial charge in [-0.3, -0.25) is 4.79 Å². The lowest BCUT2D eigenvalue weighted by Gasteiger charge is -2.34. The molecule has 31 heavy (non-hydrogen) atoms. The Labute approximate surface area is 186 Å². The number of hydrogen-bond donors (Lipinski definition) is 0. The first-order chi connectivity index (χ1) is 15.0. The number of hydrogen-bond acceptors (Lipinski definition) is 7. The van der Waals surface area contributed by atoms with Crippen LogP contribution in [0.2, 0.25) is 0 Å². The van der Waals surface area contributed by atoms with Crippen LogP contribution < -0.4 is 0 Å².